The average Bonchev–Trinajstić information content (AvgIpc) is 2.53. The van der Waals surface area contributed by atoms with E-state index in [1.165, 1.54) is 0 Å². The fourth-order valence-electron chi connectivity index (χ4n) is 2.81. The second-order valence-electron chi connectivity index (χ2n) is 6.85. The number of amides is 2. The maximum absolute atomic E-state index is 12.1. The first-order chi connectivity index (χ1) is 10.9. The van der Waals surface area contributed by atoms with Gasteiger partial charge in [-0.2, -0.15) is 0 Å². The number of rotatable bonds is 5. The van der Waals surface area contributed by atoms with Crippen molar-refractivity contribution in [2.75, 3.05) is 20.3 Å². The van der Waals surface area contributed by atoms with E-state index in [0.29, 0.717) is 13.2 Å². The largest absolute Gasteiger partial charge is 0.497 e. The van der Waals surface area contributed by atoms with Crippen LogP contribution in [0.1, 0.15) is 39.2 Å². The molecule has 1 aromatic carbocycles. The van der Waals surface area contributed by atoms with Crippen LogP contribution in [0.4, 0.5) is 4.79 Å². The molecule has 1 heterocycles. The van der Waals surface area contributed by atoms with Crippen molar-refractivity contribution >= 4 is 6.03 Å². The SMILES string of the molecule is COc1cccc(C(C)(C)CNC(=O)N[C@@H]2CCO[C@H](C)C2)c1. The van der Waals surface area contributed by atoms with Crippen molar-refractivity contribution in [3.63, 3.8) is 0 Å². The molecule has 0 aromatic heterocycles. The Morgan fingerprint density at radius 1 is 1.43 bits per heavy atom. The predicted octanol–water partition coefficient (Wildman–Crippen LogP) is 2.84. The first-order valence-corrected chi connectivity index (χ1v) is 8.21. The third-order valence-corrected chi connectivity index (χ3v) is 4.36. The van der Waals surface area contributed by atoms with Gasteiger partial charge in [-0.25, -0.2) is 4.79 Å². The molecule has 1 aliphatic heterocycles. The summed E-state index contributed by atoms with van der Waals surface area (Å²) in [6.07, 6.45) is 1.95. The highest BCUT2D eigenvalue weighted by Gasteiger charge is 2.24. The maximum Gasteiger partial charge on any atom is 0.315 e. The monoisotopic (exact) mass is 320 g/mol. The number of hydrogen-bond acceptors (Lipinski definition) is 3. The van der Waals surface area contributed by atoms with Gasteiger partial charge >= 0.3 is 6.03 Å². The minimum atomic E-state index is -0.172. The van der Waals surface area contributed by atoms with Crippen LogP contribution in [0.2, 0.25) is 0 Å². The molecule has 2 N–H and O–H groups in total. The lowest BCUT2D eigenvalue weighted by Crippen LogP contribution is -2.48. The molecule has 0 bridgehead atoms. The van der Waals surface area contributed by atoms with E-state index in [4.69, 9.17) is 9.47 Å². The topological polar surface area (TPSA) is 59.6 Å². The van der Waals surface area contributed by atoms with E-state index in [1.807, 2.05) is 25.1 Å². The maximum atomic E-state index is 12.1. The van der Waals surface area contributed by atoms with Crippen LogP contribution >= 0.6 is 0 Å². The zero-order valence-corrected chi connectivity index (χ0v) is 14.5. The molecule has 2 rings (SSSR count). The molecule has 5 heteroatoms. The summed E-state index contributed by atoms with van der Waals surface area (Å²) in [5.41, 5.74) is 0.964. The summed E-state index contributed by atoms with van der Waals surface area (Å²) in [7, 11) is 1.66. The van der Waals surface area contributed by atoms with Crippen molar-refractivity contribution in [2.45, 2.75) is 51.2 Å². The smallest absolute Gasteiger partial charge is 0.315 e. The Hall–Kier alpha value is -1.75. The molecule has 128 valence electrons. The summed E-state index contributed by atoms with van der Waals surface area (Å²) in [5, 5.41) is 6.03. The van der Waals surface area contributed by atoms with Gasteiger partial charge in [0, 0.05) is 24.6 Å². The molecule has 5 nitrogen and oxygen atoms in total. The van der Waals surface area contributed by atoms with Gasteiger partial charge in [0.25, 0.3) is 0 Å². The Bertz CT molecular complexity index is 531. The first kappa shape index (κ1) is 17.6. The summed E-state index contributed by atoms with van der Waals surface area (Å²) in [5.74, 6) is 0.830. The third-order valence-electron chi connectivity index (χ3n) is 4.36. The minimum absolute atomic E-state index is 0.111. The lowest BCUT2D eigenvalue weighted by molar-refractivity contribution is 0.0154. The Kier molecular flexibility index (Phi) is 5.88. The van der Waals surface area contributed by atoms with E-state index >= 15 is 0 Å². The van der Waals surface area contributed by atoms with Crippen LogP contribution in [-0.2, 0) is 10.2 Å². The minimum Gasteiger partial charge on any atom is -0.497 e. The lowest BCUT2D eigenvalue weighted by Gasteiger charge is -2.29. The van der Waals surface area contributed by atoms with Crippen LogP contribution in [0.25, 0.3) is 0 Å². The lowest BCUT2D eigenvalue weighted by atomic mass is 9.84. The van der Waals surface area contributed by atoms with Gasteiger partial charge < -0.3 is 20.1 Å². The number of carbonyl (C=O) groups is 1. The number of hydrogen-bond donors (Lipinski definition) is 2. The van der Waals surface area contributed by atoms with E-state index < -0.39 is 0 Å². The first-order valence-electron chi connectivity index (χ1n) is 8.21. The zero-order valence-electron chi connectivity index (χ0n) is 14.5. The molecule has 0 unspecified atom stereocenters. The molecule has 1 aromatic rings. The molecule has 1 saturated heterocycles. The van der Waals surface area contributed by atoms with Gasteiger partial charge in [-0.3, -0.25) is 0 Å². The average molecular weight is 320 g/mol. The van der Waals surface area contributed by atoms with E-state index in [1.54, 1.807) is 7.11 Å². The fourth-order valence-corrected chi connectivity index (χ4v) is 2.81. The quantitative estimate of drug-likeness (QED) is 0.877. The van der Waals surface area contributed by atoms with Crippen LogP contribution in [-0.4, -0.2) is 38.4 Å². The molecule has 0 aliphatic carbocycles. The van der Waals surface area contributed by atoms with Gasteiger partial charge in [0.1, 0.15) is 5.75 Å². The number of benzene rings is 1. The van der Waals surface area contributed by atoms with Gasteiger partial charge in [-0.15, -0.1) is 0 Å². The van der Waals surface area contributed by atoms with Crippen LogP contribution in [0.3, 0.4) is 0 Å². The standard InChI is InChI=1S/C18H28N2O3/c1-13-10-15(8-9-23-13)20-17(21)19-12-18(2,3)14-6-5-7-16(11-14)22-4/h5-7,11,13,15H,8-10,12H2,1-4H3,(H2,19,20,21)/t13-,15-/m1/s1. The highest BCUT2D eigenvalue weighted by molar-refractivity contribution is 5.74. The second-order valence-corrected chi connectivity index (χ2v) is 6.85. The van der Waals surface area contributed by atoms with E-state index in [2.05, 4.69) is 30.5 Å². The number of nitrogens with one attached hydrogen (secondary N) is 2. The Morgan fingerprint density at radius 3 is 2.91 bits per heavy atom. The third kappa shape index (κ3) is 5.13. The highest BCUT2D eigenvalue weighted by Crippen LogP contribution is 2.25. The molecule has 23 heavy (non-hydrogen) atoms. The van der Waals surface area contributed by atoms with Crippen molar-refractivity contribution in [3.05, 3.63) is 29.8 Å². The van der Waals surface area contributed by atoms with Gasteiger partial charge in [0.2, 0.25) is 0 Å². The Labute approximate surface area is 138 Å². The van der Waals surface area contributed by atoms with Gasteiger partial charge in [0.15, 0.2) is 0 Å². The molecule has 0 radical (unpaired) electrons. The molecule has 1 aliphatic rings. The Balaban J connectivity index is 1.86. The van der Waals surface area contributed by atoms with Crippen molar-refractivity contribution in [3.8, 4) is 5.75 Å². The second kappa shape index (κ2) is 7.68. The summed E-state index contributed by atoms with van der Waals surface area (Å²) in [6.45, 7) is 7.53. The van der Waals surface area contributed by atoms with Crippen molar-refractivity contribution in [2.24, 2.45) is 0 Å². The molecular formula is C18H28N2O3. The molecule has 1 fully saturated rings. The molecule has 0 spiro atoms. The predicted molar refractivity (Wildman–Crippen MR) is 91.0 cm³/mol. The van der Waals surface area contributed by atoms with Crippen molar-refractivity contribution in [1.82, 2.24) is 10.6 Å². The molecule has 0 saturated carbocycles. The van der Waals surface area contributed by atoms with Crippen molar-refractivity contribution < 1.29 is 14.3 Å². The molecule has 2 atom stereocenters. The number of ether oxygens (including phenoxy) is 2. The van der Waals surface area contributed by atoms with E-state index in [-0.39, 0.29) is 23.6 Å². The highest BCUT2D eigenvalue weighted by atomic mass is 16.5. The number of urea groups is 1. The van der Waals surface area contributed by atoms with E-state index in [9.17, 15) is 4.79 Å². The van der Waals surface area contributed by atoms with Gasteiger partial charge in [-0.1, -0.05) is 26.0 Å². The number of methoxy groups -OCH3 is 1. The van der Waals surface area contributed by atoms with E-state index in [0.717, 1.165) is 24.2 Å². The number of carbonyl (C=O) groups excluding carboxylic acids is 1. The van der Waals surface area contributed by atoms with Gasteiger partial charge in [-0.05, 0) is 37.5 Å². The molecular weight excluding hydrogens is 292 g/mol. The van der Waals surface area contributed by atoms with Crippen LogP contribution in [0, 0.1) is 0 Å². The zero-order chi connectivity index (χ0) is 16.9. The summed E-state index contributed by atoms with van der Waals surface area (Å²) >= 11 is 0. The fraction of sp³-hybridized carbons (Fsp3) is 0.611. The summed E-state index contributed by atoms with van der Waals surface area (Å²) in [4.78, 5) is 12.1. The van der Waals surface area contributed by atoms with Crippen molar-refractivity contribution in [1.29, 1.82) is 0 Å². The normalized spacial score (nSPS) is 21.6. The van der Waals surface area contributed by atoms with Crippen LogP contribution in [0.5, 0.6) is 5.75 Å². The Morgan fingerprint density at radius 2 is 2.22 bits per heavy atom. The summed E-state index contributed by atoms with van der Waals surface area (Å²) in [6, 6.07) is 8.05. The van der Waals surface area contributed by atoms with Gasteiger partial charge in [0.05, 0.1) is 13.2 Å². The molecule has 2 amide bonds. The van der Waals surface area contributed by atoms with Crippen LogP contribution < -0.4 is 15.4 Å². The van der Waals surface area contributed by atoms with Crippen LogP contribution in [0.15, 0.2) is 24.3 Å². The summed E-state index contributed by atoms with van der Waals surface area (Å²) < 4.78 is 10.8.